The second kappa shape index (κ2) is 14.2. The summed E-state index contributed by atoms with van der Waals surface area (Å²) in [6.45, 7) is 0. The van der Waals surface area contributed by atoms with Crippen molar-refractivity contribution in [2.75, 3.05) is 0 Å². The zero-order valence-electron chi connectivity index (χ0n) is 39.3. The van der Waals surface area contributed by atoms with Gasteiger partial charge in [-0.1, -0.05) is 158 Å². The Morgan fingerprint density at radius 2 is 1.05 bits per heavy atom. The number of thiophene rings is 1. The first-order valence-electron chi connectivity index (χ1n) is 23.6. The Kier molecular flexibility index (Phi) is 6.75. The molecule has 13 rings (SSSR count). The summed E-state index contributed by atoms with van der Waals surface area (Å²) in [5, 5.41) is 4.39. The summed E-state index contributed by atoms with van der Waals surface area (Å²) in [5.41, 5.74) is 8.35. The van der Waals surface area contributed by atoms with E-state index in [-0.39, 0.29) is 47.0 Å². The van der Waals surface area contributed by atoms with Crippen molar-refractivity contribution in [2.45, 2.75) is 0 Å². The van der Waals surface area contributed by atoms with Crippen LogP contribution >= 0.6 is 11.3 Å². The van der Waals surface area contributed by atoms with Gasteiger partial charge < -0.3 is 8.98 Å². The summed E-state index contributed by atoms with van der Waals surface area (Å²) in [6.07, 6.45) is 0. The van der Waals surface area contributed by atoms with Crippen LogP contribution in [0, 0.1) is 0 Å². The number of nitrogens with zero attached hydrogens (tertiary/aromatic N) is 4. The van der Waals surface area contributed by atoms with Crippen LogP contribution in [0.4, 0.5) is 0 Å². The van der Waals surface area contributed by atoms with Gasteiger partial charge in [0.2, 0.25) is 0 Å². The Morgan fingerprint density at radius 1 is 0.429 bits per heavy atom. The molecular formula is C57H34N4OS. The van der Waals surface area contributed by atoms with Gasteiger partial charge >= 0.3 is 0 Å². The molecule has 0 radical (unpaired) electrons. The minimum Gasteiger partial charge on any atom is -0.456 e. The average Bonchev–Trinajstić information content (AvgIpc) is 4.08. The van der Waals surface area contributed by atoms with Crippen molar-refractivity contribution in [1.82, 2.24) is 19.5 Å². The smallest absolute Gasteiger partial charge is 0.164 e. The fraction of sp³-hybridized carbons (Fsp3) is 0. The van der Waals surface area contributed by atoms with Gasteiger partial charge in [0, 0.05) is 69.5 Å². The summed E-state index contributed by atoms with van der Waals surface area (Å²) >= 11 is 1.69. The van der Waals surface area contributed by atoms with Crippen LogP contribution < -0.4 is 0 Å². The summed E-state index contributed by atoms with van der Waals surface area (Å²) in [7, 11) is 0. The molecule has 0 fully saturated rings. The van der Waals surface area contributed by atoms with Gasteiger partial charge in [-0.2, -0.15) is 0 Å². The third-order valence-corrected chi connectivity index (χ3v) is 13.0. The summed E-state index contributed by atoms with van der Waals surface area (Å²) in [6, 6.07) is 54.5. The molecular weight excluding hydrogens is 789 g/mol. The van der Waals surface area contributed by atoms with E-state index in [9.17, 15) is 2.74 Å². The predicted octanol–water partition coefficient (Wildman–Crippen LogP) is 15.6. The first kappa shape index (κ1) is 29.9. The minimum atomic E-state index is -0.166. The maximum absolute atomic E-state index is 9.32. The van der Waals surface area contributed by atoms with Crippen molar-refractivity contribution >= 4 is 75.3 Å². The van der Waals surface area contributed by atoms with Crippen molar-refractivity contribution < 1.29 is 12.6 Å². The van der Waals surface area contributed by atoms with E-state index >= 15 is 0 Å². The Labute approximate surface area is 374 Å². The van der Waals surface area contributed by atoms with E-state index < -0.39 is 0 Å². The number of benzene rings is 9. The Balaban J connectivity index is 1.13. The number of aromatic nitrogens is 4. The summed E-state index contributed by atoms with van der Waals surface area (Å²) < 4.78 is 64.8. The van der Waals surface area contributed by atoms with E-state index in [1.165, 1.54) is 12.1 Å². The lowest BCUT2D eigenvalue weighted by Gasteiger charge is -2.17. The molecule has 4 heterocycles. The second-order valence-electron chi connectivity index (χ2n) is 15.4. The Bertz CT molecular complexity index is 4150. The highest BCUT2D eigenvalue weighted by atomic mass is 32.1. The van der Waals surface area contributed by atoms with Crippen LogP contribution in [0.2, 0.25) is 0 Å². The zero-order chi connectivity index (χ0) is 46.7. The molecule has 0 aliphatic carbocycles. The van der Waals surface area contributed by atoms with E-state index in [1.807, 2.05) is 121 Å². The van der Waals surface area contributed by atoms with Crippen LogP contribution in [0.3, 0.4) is 0 Å². The molecule has 0 amide bonds. The standard InChI is InChI=1S/C57H34N4OS/c1-3-16-35(17-4-1)55-58-56(36-18-5-2-6-19-36)60-57(59-55)46-33-38(34-51-53(46)44-23-9-13-28-50(44)62-51)37-30-31-49(61-47-26-11-7-20-39(47)40-21-8-12-27-48(40)61)45(32-37)43-25-15-24-42-41-22-10-14-29-52(41)63-54(42)43/h1-34H/i7D,8D,20D,21D,26D,27D. The summed E-state index contributed by atoms with van der Waals surface area (Å²) in [4.78, 5) is 15.3. The van der Waals surface area contributed by atoms with Crippen LogP contribution in [0.25, 0.3) is 126 Å². The van der Waals surface area contributed by atoms with Crippen LogP contribution in [-0.2, 0) is 0 Å². The van der Waals surface area contributed by atoms with Crippen molar-refractivity contribution in [2.24, 2.45) is 0 Å². The Morgan fingerprint density at radius 3 is 1.78 bits per heavy atom. The van der Waals surface area contributed by atoms with Crippen LogP contribution in [-0.4, -0.2) is 19.5 Å². The van der Waals surface area contributed by atoms with Crippen LogP contribution in [0.5, 0.6) is 0 Å². The van der Waals surface area contributed by atoms with Gasteiger partial charge in [0.1, 0.15) is 11.2 Å². The number of hydrogen-bond donors (Lipinski definition) is 0. The quantitative estimate of drug-likeness (QED) is 0.168. The lowest BCUT2D eigenvalue weighted by Crippen LogP contribution is -2.01. The highest BCUT2D eigenvalue weighted by molar-refractivity contribution is 7.26. The van der Waals surface area contributed by atoms with Crippen molar-refractivity contribution in [3.8, 4) is 62.1 Å². The highest BCUT2D eigenvalue weighted by Crippen LogP contribution is 2.46. The largest absolute Gasteiger partial charge is 0.456 e. The zero-order valence-corrected chi connectivity index (χ0v) is 34.1. The number of fused-ring (bicyclic) bond motifs is 9. The Hall–Kier alpha value is -8.19. The van der Waals surface area contributed by atoms with Crippen LogP contribution in [0.15, 0.2) is 211 Å². The average molecular weight is 829 g/mol. The first-order valence-corrected chi connectivity index (χ1v) is 21.4. The number of para-hydroxylation sites is 3. The number of rotatable bonds is 6. The molecule has 294 valence electrons. The van der Waals surface area contributed by atoms with E-state index in [1.54, 1.807) is 15.9 Å². The normalized spacial score (nSPS) is 13.1. The second-order valence-corrected chi connectivity index (χ2v) is 16.5. The molecule has 13 aromatic rings. The molecule has 0 bridgehead atoms. The third kappa shape index (κ3) is 5.73. The molecule has 9 aromatic carbocycles. The monoisotopic (exact) mass is 828 g/mol. The molecule has 0 aliphatic heterocycles. The number of furan rings is 1. The van der Waals surface area contributed by atoms with Crippen molar-refractivity contribution in [3.05, 3.63) is 206 Å². The molecule has 6 heteroatoms. The SMILES string of the molecule is [2H]c1cc([2H])c2c(c1[2H])c1c([2H])c([2H])cc([2H])c1n2-c1ccc(-c2cc(-c3nc(-c4ccccc4)nc(-c4ccccc4)n3)c3c(c2)oc2ccccc23)cc1-c1cccc2c1sc1ccccc12. The lowest BCUT2D eigenvalue weighted by atomic mass is 9.94. The lowest BCUT2D eigenvalue weighted by molar-refractivity contribution is 0.669. The molecule has 5 nitrogen and oxygen atoms in total. The molecule has 0 saturated carbocycles. The van der Waals surface area contributed by atoms with Gasteiger partial charge in [0.15, 0.2) is 17.5 Å². The fourth-order valence-electron chi connectivity index (χ4n) is 8.97. The summed E-state index contributed by atoms with van der Waals surface area (Å²) in [5.74, 6) is 1.54. The van der Waals surface area contributed by atoms with E-state index in [0.29, 0.717) is 39.8 Å². The van der Waals surface area contributed by atoms with Gasteiger partial charge in [-0.3, -0.25) is 0 Å². The van der Waals surface area contributed by atoms with Crippen LogP contribution in [0.1, 0.15) is 8.22 Å². The third-order valence-electron chi connectivity index (χ3n) is 11.8. The van der Waals surface area contributed by atoms with E-state index in [4.69, 9.17) is 24.9 Å². The minimum absolute atomic E-state index is 0.0234. The molecule has 0 unspecified atom stereocenters. The van der Waals surface area contributed by atoms with Gasteiger partial charge in [-0.05, 0) is 59.6 Å². The van der Waals surface area contributed by atoms with Gasteiger partial charge in [-0.15, -0.1) is 11.3 Å². The molecule has 4 aromatic heterocycles. The molecule has 0 aliphatic rings. The van der Waals surface area contributed by atoms with Gasteiger partial charge in [0.05, 0.1) is 24.9 Å². The number of hydrogen-bond acceptors (Lipinski definition) is 5. The van der Waals surface area contributed by atoms with Gasteiger partial charge in [-0.25, -0.2) is 15.0 Å². The maximum Gasteiger partial charge on any atom is 0.164 e. The highest BCUT2D eigenvalue weighted by Gasteiger charge is 2.22. The molecule has 0 N–H and O–H groups in total. The fourth-order valence-corrected chi connectivity index (χ4v) is 10.2. The molecule has 0 saturated heterocycles. The maximum atomic E-state index is 9.32. The van der Waals surface area contributed by atoms with Crippen molar-refractivity contribution in [3.63, 3.8) is 0 Å². The van der Waals surface area contributed by atoms with E-state index in [2.05, 4.69) is 36.4 Å². The van der Waals surface area contributed by atoms with Gasteiger partial charge in [0.25, 0.3) is 0 Å². The van der Waals surface area contributed by atoms with Crippen molar-refractivity contribution in [1.29, 1.82) is 0 Å². The topological polar surface area (TPSA) is 56.7 Å². The molecule has 0 spiro atoms. The molecule has 63 heavy (non-hydrogen) atoms. The van der Waals surface area contributed by atoms with E-state index in [0.717, 1.165) is 75.5 Å². The molecule has 0 atom stereocenters. The predicted molar refractivity (Wildman–Crippen MR) is 262 cm³/mol. The first-order chi connectivity index (χ1) is 33.7.